The summed E-state index contributed by atoms with van der Waals surface area (Å²) >= 11 is 0. The van der Waals surface area contributed by atoms with Crippen molar-refractivity contribution >= 4 is 22.7 Å². The van der Waals surface area contributed by atoms with E-state index in [4.69, 9.17) is 0 Å². The normalized spacial score (nSPS) is 21.6. The summed E-state index contributed by atoms with van der Waals surface area (Å²) in [5.74, 6) is 0.236. The Morgan fingerprint density at radius 2 is 1.36 bits per heavy atom. The van der Waals surface area contributed by atoms with Gasteiger partial charge in [-0.25, -0.2) is 0 Å². The lowest BCUT2D eigenvalue weighted by Crippen LogP contribution is -2.27. The number of fused-ring (bicyclic) bond motifs is 2. The molecule has 3 aromatic rings. The molecule has 0 amide bonds. The Labute approximate surface area is 245 Å². The number of likely N-dealkylation sites (N-methyl/N-ethyl adjacent to an activating group) is 1. The van der Waals surface area contributed by atoms with E-state index in [0.29, 0.717) is 12.1 Å². The molecule has 0 saturated carbocycles. The predicted octanol–water partition coefficient (Wildman–Crippen LogP) is 7.94. The van der Waals surface area contributed by atoms with Crippen LogP contribution in [0.2, 0.25) is 0 Å². The first kappa shape index (κ1) is 27.4. The number of rotatable bonds is 6. The molecule has 1 unspecified atom stereocenters. The summed E-state index contributed by atoms with van der Waals surface area (Å²) in [5.41, 5.74) is 8.01. The molecule has 0 aromatic heterocycles. The van der Waals surface area contributed by atoms with Gasteiger partial charge >= 0.3 is 0 Å². The number of hydrogen-bond donors (Lipinski definition) is 0. The van der Waals surface area contributed by atoms with Gasteiger partial charge in [0.1, 0.15) is 0 Å². The van der Waals surface area contributed by atoms with E-state index in [1.54, 1.807) is 0 Å². The minimum Gasteiger partial charge on any atom is -0.347 e. The molecule has 6 rings (SSSR count). The summed E-state index contributed by atoms with van der Waals surface area (Å²) in [7, 11) is 2.13. The van der Waals surface area contributed by atoms with Crippen molar-refractivity contribution in [2.24, 2.45) is 5.92 Å². The van der Waals surface area contributed by atoms with E-state index in [9.17, 15) is 20.2 Å². The van der Waals surface area contributed by atoms with Gasteiger partial charge in [0.05, 0.1) is 15.9 Å². The van der Waals surface area contributed by atoms with Crippen LogP contribution in [0.15, 0.2) is 102 Å². The van der Waals surface area contributed by atoms with Crippen LogP contribution in [0.3, 0.4) is 0 Å². The molecule has 0 bridgehead atoms. The molecule has 2 heterocycles. The van der Waals surface area contributed by atoms with Crippen molar-refractivity contribution < 1.29 is 9.85 Å². The molecule has 8 heteroatoms. The number of para-hydroxylation sites is 2. The van der Waals surface area contributed by atoms with E-state index in [2.05, 4.69) is 93.1 Å². The molecule has 0 saturated heterocycles. The van der Waals surface area contributed by atoms with Crippen molar-refractivity contribution in [1.29, 1.82) is 0 Å². The molecule has 214 valence electrons. The van der Waals surface area contributed by atoms with E-state index < -0.39 is 9.85 Å². The molecule has 0 radical (unpaired) electrons. The summed E-state index contributed by atoms with van der Waals surface area (Å²) in [6.07, 6.45) is 7.84. The van der Waals surface area contributed by atoms with Gasteiger partial charge in [-0.05, 0) is 46.9 Å². The average molecular weight is 563 g/mol. The maximum Gasteiger partial charge on any atom is 0.276 e. The summed E-state index contributed by atoms with van der Waals surface area (Å²) < 4.78 is 0. The van der Waals surface area contributed by atoms with Crippen LogP contribution in [0.25, 0.3) is 0 Å². The molecule has 1 aliphatic carbocycles. The summed E-state index contributed by atoms with van der Waals surface area (Å²) in [6.45, 7) is 9.21. The Bertz CT molecular complexity index is 1700. The van der Waals surface area contributed by atoms with Crippen LogP contribution in [0.4, 0.5) is 22.7 Å². The van der Waals surface area contributed by atoms with Gasteiger partial charge < -0.3 is 9.80 Å². The molecule has 1 atom stereocenters. The highest BCUT2D eigenvalue weighted by Gasteiger charge is 2.42. The second kappa shape index (κ2) is 9.69. The van der Waals surface area contributed by atoms with E-state index >= 15 is 0 Å². The third kappa shape index (κ3) is 4.38. The highest BCUT2D eigenvalue weighted by atomic mass is 16.6. The number of non-ortho nitro benzene ring substituents is 2. The van der Waals surface area contributed by atoms with Gasteiger partial charge in [-0.15, -0.1) is 0 Å². The topological polar surface area (TPSA) is 92.8 Å². The SMILES string of the molecule is CN1C(=CC2=CC(C=C3N(Cc4cc([N+](=O)[O-])cc([N+](=O)[O-])c4)c4ccccc4C3(C)C)C2)C(C)(C)c2ccccc21. The van der Waals surface area contributed by atoms with Crippen molar-refractivity contribution in [2.75, 3.05) is 16.8 Å². The molecule has 0 N–H and O–H groups in total. The molecule has 3 aliphatic rings. The fourth-order valence-corrected chi connectivity index (χ4v) is 6.82. The third-order valence-electron chi connectivity index (χ3n) is 9.06. The van der Waals surface area contributed by atoms with Crippen LogP contribution < -0.4 is 9.80 Å². The first-order chi connectivity index (χ1) is 19.9. The van der Waals surface area contributed by atoms with Crippen LogP contribution in [0.5, 0.6) is 0 Å². The van der Waals surface area contributed by atoms with E-state index in [-0.39, 0.29) is 28.1 Å². The summed E-state index contributed by atoms with van der Waals surface area (Å²) in [6, 6.07) is 20.6. The van der Waals surface area contributed by atoms with Crippen LogP contribution in [0, 0.1) is 26.1 Å². The van der Waals surface area contributed by atoms with Crippen molar-refractivity contribution in [3.63, 3.8) is 0 Å². The lowest BCUT2D eigenvalue weighted by atomic mass is 9.78. The lowest BCUT2D eigenvalue weighted by Gasteiger charge is -2.31. The van der Waals surface area contributed by atoms with Crippen molar-refractivity contribution in [3.05, 3.63) is 139 Å². The van der Waals surface area contributed by atoms with Crippen LogP contribution in [-0.4, -0.2) is 16.9 Å². The van der Waals surface area contributed by atoms with E-state index in [0.717, 1.165) is 29.4 Å². The van der Waals surface area contributed by atoms with E-state index in [1.165, 1.54) is 34.7 Å². The first-order valence-electron chi connectivity index (χ1n) is 14.2. The van der Waals surface area contributed by atoms with Gasteiger partial charge in [0.2, 0.25) is 0 Å². The number of nitro benzene ring substituents is 2. The number of hydrogen-bond acceptors (Lipinski definition) is 6. The third-order valence-corrected chi connectivity index (χ3v) is 9.06. The maximum absolute atomic E-state index is 11.5. The highest BCUT2D eigenvalue weighted by molar-refractivity contribution is 5.72. The molecular formula is C34H34N4O4. The summed E-state index contributed by atoms with van der Waals surface area (Å²) in [4.78, 5) is 26.4. The Balaban J connectivity index is 1.34. The second-order valence-corrected chi connectivity index (χ2v) is 12.5. The lowest BCUT2D eigenvalue weighted by molar-refractivity contribution is -0.394. The molecule has 2 aliphatic heterocycles. The van der Waals surface area contributed by atoms with Gasteiger partial charge in [-0.1, -0.05) is 76.2 Å². The Kier molecular flexibility index (Phi) is 6.33. The minimum atomic E-state index is -0.577. The molecular weight excluding hydrogens is 528 g/mol. The zero-order chi connectivity index (χ0) is 30.0. The highest BCUT2D eigenvalue weighted by Crippen LogP contribution is 2.51. The monoisotopic (exact) mass is 562 g/mol. The fraction of sp³-hybridized carbons (Fsp3) is 0.294. The number of anilines is 2. The van der Waals surface area contributed by atoms with Crippen LogP contribution in [0.1, 0.15) is 50.8 Å². The molecule has 3 aromatic carbocycles. The van der Waals surface area contributed by atoms with Crippen LogP contribution >= 0.6 is 0 Å². The molecule has 0 fully saturated rings. The summed E-state index contributed by atoms with van der Waals surface area (Å²) in [5, 5.41) is 23.1. The Morgan fingerprint density at radius 3 is 1.93 bits per heavy atom. The van der Waals surface area contributed by atoms with Gasteiger partial charge in [0.25, 0.3) is 11.4 Å². The number of benzene rings is 3. The Hall–Kier alpha value is -4.72. The second-order valence-electron chi connectivity index (χ2n) is 12.5. The van der Waals surface area contributed by atoms with Gasteiger partial charge in [0.15, 0.2) is 0 Å². The zero-order valence-electron chi connectivity index (χ0n) is 24.5. The molecule has 42 heavy (non-hydrogen) atoms. The quantitative estimate of drug-likeness (QED) is 0.224. The van der Waals surface area contributed by atoms with Crippen molar-refractivity contribution in [2.45, 2.75) is 51.5 Å². The molecule has 8 nitrogen and oxygen atoms in total. The first-order valence-corrected chi connectivity index (χ1v) is 14.2. The van der Waals surface area contributed by atoms with Crippen molar-refractivity contribution in [3.8, 4) is 0 Å². The number of nitrogens with zero attached hydrogens (tertiary/aromatic N) is 4. The van der Waals surface area contributed by atoms with Gasteiger partial charge in [0, 0.05) is 65.2 Å². The standard InChI is InChI=1S/C34H34N4O4/c1-33(2)27-10-6-8-12-29(27)35(5)31(33)18-22-14-23(15-22)19-32-34(3,4)28-11-7-9-13-30(28)36(32)21-24-16-25(37(39)40)20-26(17-24)38(41)42/h6-14,16-20,23H,15,21H2,1-5H3. The molecule has 0 spiro atoms. The average Bonchev–Trinajstić information content (AvgIpc) is 3.26. The maximum atomic E-state index is 11.5. The largest absolute Gasteiger partial charge is 0.347 e. The van der Waals surface area contributed by atoms with Gasteiger partial charge in [-0.2, -0.15) is 0 Å². The van der Waals surface area contributed by atoms with E-state index in [1.807, 2.05) is 18.2 Å². The number of nitro groups is 2. The van der Waals surface area contributed by atoms with Crippen LogP contribution in [-0.2, 0) is 17.4 Å². The Morgan fingerprint density at radius 1 is 0.833 bits per heavy atom. The minimum absolute atomic E-state index is 0.0808. The van der Waals surface area contributed by atoms with Gasteiger partial charge in [-0.3, -0.25) is 20.2 Å². The smallest absolute Gasteiger partial charge is 0.276 e. The zero-order valence-corrected chi connectivity index (χ0v) is 24.5. The fourth-order valence-electron chi connectivity index (χ4n) is 6.82. The predicted molar refractivity (Wildman–Crippen MR) is 166 cm³/mol. The van der Waals surface area contributed by atoms with Crippen molar-refractivity contribution in [1.82, 2.24) is 0 Å². The number of allylic oxidation sites excluding steroid dienone is 6.